The Balaban J connectivity index is 1.22. The van der Waals surface area contributed by atoms with Gasteiger partial charge in [0.1, 0.15) is 29.2 Å². The molecule has 3 atom stereocenters. The summed E-state index contributed by atoms with van der Waals surface area (Å²) in [6.07, 6.45) is 2.39. The van der Waals surface area contributed by atoms with Crippen LogP contribution in [0.3, 0.4) is 0 Å². The smallest absolute Gasteiger partial charge is 0.304 e. The van der Waals surface area contributed by atoms with E-state index >= 15 is 4.39 Å². The number of hydrogen-bond acceptors (Lipinski definition) is 6. The minimum absolute atomic E-state index is 0.00439. The molecule has 0 aromatic heterocycles. The van der Waals surface area contributed by atoms with Gasteiger partial charge in [-0.3, -0.25) is 4.79 Å². The number of ether oxygens (including phenoxy) is 3. The fraction of sp³-hybridized carbons (Fsp3) is 0.424. The van der Waals surface area contributed by atoms with E-state index in [4.69, 9.17) is 19.3 Å². The summed E-state index contributed by atoms with van der Waals surface area (Å²) in [4.78, 5) is 11.2. The molecule has 1 N–H and O–H groups in total. The number of carboxylic acids is 1. The third kappa shape index (κ3) is 5.71. The molecule has 3 aliphatic rings. The number of benzene rings is 3. The van der Waals surface area contributed by atoms with Gasteiger partial charge in [-0.2, -0.15) is 0 Å². The standard InChI is InChI=1S/C33H35FO7S/c1-19-12-24(39-16-21-4-3-11-42(37,38)18-21)13-20(2)32(19)26-7-9-28(34)33-27(26)8-10-29(33)41-23-5-6-25-22(14-31(35)36)17-40-30(25)15-23/h5-7,9,12-13,15,21-22,29H,3-4,8,10-11,14,16-18H2,1-2H3,(H,35,36)/t21?,22-,29-/m1/s1. The highest BCUT2D eigenvalue weighted by molar-refractivity contribution is 7.91. The summed E-state index contributed by atoms with van der Waals surface area (Å²) in [5.74, 6) is 0.982. The third-order valence-electron chi connectivity index (χ3n) is 8.67. The number of fused-ring (bicyclic) bond motifs is 2. The van der Waals surface area contributed by atoms with Crippen molar-refractivity contribution >= 4 is 15.8 Å². The van der Waals surface area contributed by atoms with Crippen molar-refractivity contribution in [1.82, 2.24) is 0 Å². The monoisotopic (exact) mass is 594 g/mol. The topological polar surface area (TPSA) is 99.1 Å². The summed E-state index contributed by atoms with van der Waals surface area (Å²) in [5.41, 5.74) is 6.38. The Morgan fingerprint density at radius 3 is 2.60 bits per heavy atom. The van der Waals surface area contributed by atoms with E-state index in [1.54, 1.807) is 12.1 Å². The Labute approximate surface area is 245 Å². The fourth-order valence-corrected chi connectivity index (χ4v) is 8.55. The van der Waals surface area contributed by atoms with Crippen molar-refractivity contribution < 1.29 is 36.9 Å². The van der Waals surface area contributed by atoms with E-state index in [0.717, 1.165) is 39.8 Å². The van der Waals surface area contributed by atoms with Crippen LogP contribution in [0.25, 0.3) is 11.1 Å². The molecule has 6 rings (SSSR count). The first-order chi connectivity index (χ1) is 20.1. The molecule has 2 aliphatic heterocycles. The van der Waals surface area contributed by atoms with Gasteiger partial charge in [0.25, 0.3) is 0 Å². The van der Waals surface area contributed by atoms with Crippen molar-refractivity contribution in [2.75, 3.05) is 24.7 Å². The second kappa shape index (κ2) is 11.2. The van der Waals surface area contributed by atoms with Crippen LogP contribution in [0, 0.1) is 25.6 Å². The molecule has 1 unspecified atom stereocenters. The van der Waals surface area contributed by atoms with Crippen LogP contribution in [0.15, 0.2) is 42.5 Å². The normalized spacial score (nSPS) is 22.2. The Morgan fingerprint density at radius 2 is 1.86 bits per heavy atom. The van der Waals surface area contributed by atoms with E-state index in [1.165, 1.54) is 6.07 Å². The molecule has 1 aliphatic carbocycles. The molecular weight excluding hydrogens is 559 g/mol. The summed E-state index contributed by atoms with van der Waals surface area (Å²) >= 11 is 0. The van der Waals surface area contributed by atoms with Gasteiger partial charge in [-0.05, 0) is 91.6 Å². The average molecular weight is 595 g/mol. The molecule has 3 aromatic carbocycles. The summed E-state index contributed by atoms with van der Waals surface area (Å²) in [6.45, 7) is 4.72. The highest BCUT2D eigenvalue weighted by Gasteiger charge is 2.32. The molecule has 42 heavy (non-hydrogen) atoms. The van der Waals surface area contributed by atoms with Gasteiger partial charge in [0.2, 0.25) is 0 Å². The highest BCUT2D eigenvalue weighted by Crippen LogP contribution is 2.45. The van der Waals surface area contributed by atoms with Gasteiger partial charge >= 0.3 is 5.97 Å². The SMILES string of the molecule is Cc1cc(OCC2CCCS(=O)(=O)C2)cc(C)c1-c1ccc(F)c2c1CC[C@H]2Oc1ccc2c(c1)OC[C@H]2CC(=O)O. The summed E-state index contributed by atoms with van der Waals surface area (Å²) in [6, 6.07) is 12.7. The van der Waals surface area contributed by atoms with Crippen LogP contribution in [0.2, 0.25) is 0 Å². The number of rotatable bonds is 8. The number of carboxylic acid groups (broad SMARTS) is 1. The van der Waals surface area contributed by atoms with Crippen LogP contribution in [0.1, 0.15) is 65.5 Å². The van der Waals surface area contributed by atoms with Crippen LogP contribution in [0.4, 0.5) is 4.39 Å². The lowest BCUT2D eigenvalue weighted by molar-refractivity contribution is -0.137. The van der Waals surface area contributed by atoms with Crippen molar-refractivity contribution in [1.29, 1.82) is 0 Å². The lowest BCUT2D eigenvalue weighted by atomic mass is 9.90. The molecular formula is C33H35FO7S. The number of carbonyl (C=O) groups is 1. The molecule has 0 spiro atoms. The van der Waals surface area contributed by atoms with Gasteiger partial charge in [0.05, 0.1) is 31.1 Å². The zero-order chi connectivity index (χ0) is 29.6. The molecule has 3 aromatic rings. The van der Waals surface area contributed by atoms with E-state index < -0.39 is 21.9 Å². The zero-order valence-electron chi connectivity index (χ0n) is 23.8. The number of hydrogen-bond donors (Lipinski definition) is 1. The predicted octanol–water partition coefficient (Wildman–Crippen LogP) is 6.33. The molecule has 1 saturated heterocycles. The van der Waals surface area contributed by atoms with E-state index in [-0.39, 0.29) is 35.6 Å². The first kappa shape index (κ1) is 28.5. The number of sulfone groups is 1. The van der Waals surface area contributed by atoms with Crippen LogP contribution >= 0.6 is 0 Å². The van der Waals surface area contributed by atoms with Crippen molar-refractivity contribution in [3.63, 3.8) is 0 Å². The molecule has 0 amide bonds. The zero-order valence-corrected chi connectivity index (χ0v) is 24.6. The largest absolute Gasteiger partial charge is 0.493 e. The summed E-state index contributed by atoms with van der Waals surface area (Å²) in [7, 11) is -2.99. The van der Waals surface area contributed by atoms with E-state index in [0.29, 0.717) is 55.3 Å². The van der Waals surface area contributed by atoms with Crippen molar-refractivity contribution in [2.45, 2.75) is 58.0 Å². The second-order valence-corrected chi connectivity index (χ2v) is 14.0. The quantitative estimate of drug-likeness (QED) is 0.325. The maximum atomic E-state index is 15.3. The molecule has 0 saturated carbocycles. The molecule has 222 valence electrons. The lowest BCUT2D eigenvalue weighted by Gasteiger charge is -2.23. The fourth-order valence-electron chi connectivity index (χ4n) is 6.79. The van der Waals surface area contributed by atoms with E-state index in [1.807, 2.05) is 38.1 Å². The Kier molecular flexibility index (Phi) is 7.64. The summed E-state index contributed by atoms with van der Waals surface area (Å²) in [5, 5.41) is 9.16. The van der Waals surface area contributed by atoms with Gasteiger partial charge in [-0.15, -0.1) is 0 Å². The Morgan fingerprint density at radius 1 is 1.07 bits per heavy atom. The Bertz CT molecular complexity index is 1630. The number of aliphatic carboxylic acids is 1. The maximum Gasteiger partial charge on any atom is 0.304 e. The molecule has 2 heterocycles. The molecule has 1 fully saturated rings. The average Bonchev–Trinajstić information content (AvgIpc) is 3.52. The first-order valence-electron chi connectivity index (χ1n) is 14.5. The van der Waals surface area contributed by atoms with Crippen molar-refractivity contribution in [2.24, 2.45) is 5.92 Å². The van der Waals surface area contributed by atoms with E-state index in [9.17, 15) is 13.2 Å². The molecule has 0 bridgehead atoms. The van der Waals surface area contributed by atoms with Crippen LogP contribution < -0.4 is 14.2 Å². The number of aryl methyl sites for hydroxylation is 2. The minimum atomic E-state index is -2.99. The van der Waals surface area contributed by atoms with Gasteiger partial charge in [0.15, 0.2) is 9.84 Å². The van der Waals surface area contributed by atoms with Gasteiger partial charge in [-0.1, -0.05) is 12.1 Å². The second-order valence-electron chi connectivity index (χ2n) is 11.8. The van der Waals surface area contributed by atoms with Gasteiger partial charge in [0, 0.05) is 29.0 Å². The van der Waals surface area contributed by atoms with Crippen LogP contribution in [-0.2, 0) is 21.1 Å². The minimum Gasteiger partial charge on any atom is -0.493 e. The van der Waals surface area contributed by atoms with Crippen LogP contribution in [0.5, 0.6) is 17.2 Å². The van der Waals surface area contributed by atoms with Gasteiger partial charge in [-0.25, -0.2) is 12.8 Å². The lowest BCUT2D eigenvalue weighted by Crippen LogP contribution is -2.29. The molecule has 0 radical (unpaired) electrons. The maximum absolute atomic E-state index is 15.3. The van der Waals surface area contributed by atoms with Gasteiger partial charge < -0.3 is 19.3 Å². The third-order valence-corrected chi connectivity index (χ3v) is 10.6. The predicted molar refractivity (Wildman–Crippen MR) is 157 cm³/mol. The molecule has 9 heteroatoms. The first-order valence-corrected chi connectivity index (χ1v) is 16.3. The number of halogens is 1. The Hall–Kier alpha value is -3.59. The van der Waals surface area contributed by atoms with Crippen LogP contribution in [-0.4, -0.2) is 44.2 Å². The highest BCUT2D eigenvalue weighted by atomic mass is 32.2. The van der Waals surface area contributed by atoms with E-state index in [2.05, 4.69) is 0 Å². The van der Waals surface area contributed by atoms with Crippen molar-refractivity contribution in [3.8, 4) is 28.4 Å². The summed E-state index contributed by atoms with van der Waals surface area (Å²) < 4.78 is 57.4. The van der Waals surface area contributed by atoms with Crippen molar-refractivity contribution in [3.05, 3.63) is 76.1 Å². The molecule has 7 nitrogen and oxygen atoms in total.